The van der Waals surface area contributed by atoms with Crippen LogP contribution < -0.4 is 25.0 Å². The summed E-state index contributed by atoms with van der Waals surface area (Å²) in [6.07, 6.45) is 1.42. The monoisotopic (exact) mass is 451 g/mol. The van der Waals surface area contributed by atoms with Crippen LogP contribution in [0.2, 0.25) is 0 Å². The Morgan fingerprint density at radius 1 is 0.879 bits per heavy atom. The van der Waals surface area contributed by atoms with E-state index in [0.29, 0.717) is 22.8 Å². The lowest BCUT2D eigenvalue weighted by Gasteiger charge is -2.12. The summed E-state index contributed by atoms with van der Waals surface area (Å²) in [5.41, 5.74) is 3.77. The van der Waals surface area contributed by atoms with Gasteiger partial charge in [0, 0.05) is 11.1 Å². The molecule has 33 heavy (non-hydrogen) atoms. The van der Waals surface area contributed by atoms with Gasteiger partial charge in [-0.2, -0.15) is 5.10 Å². The van der Waals surface area contributed by atoms with E-state index >= 15 is 0 Å². The molecule has 0 heterocycles. The fraction of sp³-hybridized carbons (Fsp3) is 0.125. The Morgan fingerprint density at radius 2 is 1.52 bits per heavy atom. The van der Waals surface area contributed by atoms with Crippen LogP contribution >= 0.6 is 0 Å². The second kappa shape index (κ2) is 10.8. The highest BCUT2D eigenvalue weighted by Crippen LogP contribution is 2.37. The normalized spacial score (nSPS) is 10.5. The standard InChI is InChI=1S/C24H22FN3O5/c1-31-20-12-15(13-21(32-2)22(20)33-3)14-26-28-24(30)18-6-4-5-7-19(18)27-23(29)16-8-10-17(25)11-9-16/h4-14H,1-3H3,(H,27,29)(H,28,30)/b26-14+. The number of carbonyl (C=O) groups is 2. The molecule has 2 amide bonds. The van der Waals surface area contributed by atoms with Gasteiger partial charge in [-0.25, -0.2) is 9.82 Å². The van der Waals surface area contributed by atoms with E-state index in [2.05, 4.69) is 15.8 Å². The Kier molecular flexibility index (Phi) is 7.59. The van der Waals surface area contributed by atoms with E-state index in [1.165, 1.54) is 51.8 Å². The molecule has 0 bridgehead atoms. The highest BCUT2D eigenvalue weighted by molar-refractivity contribution is 6.09. The second-order valence-electron chi connectivity index (χ2n) is 6.66. The van der Waals surface area contributed by atoms with Crippen LogP contribution in [-0.2, 0) is 0 Å². The van der Waals surface area contributed by atoms with Gasteiger partial charge in [-0.3, -0.25) is 9.59 Å². The number of halogens is 1. The molecule has 8 nitrogen and oxygen atoms in total. The third-order valence-corrected chi connectivity index (χ3v) is 4.59. The zero-order chi connectivity index (χ0) is 23.8. The number of ether oxygens (including phenoxy) is 3. The highest BCUT2D eigenvalue weighted by Gasteiger charge is 2.15. The molecule has 0 aliphatic carbocycles. The van der Waals surface area contributed by atoms with Crippen molar-refractivity contribution in [2.45, 2.75) is 0 Å². The summed E-state index contributed by atoms with van der Waals surface area (Å²) in [5, 5.41) is 6.64. The lowest BCUT2D eigenvalue weighted by molar-refractivity contribution is 0.0956. The average molecular weight is 451 g/mol. The van der Waals surface area contributed by atoms with Crippen LogP contribution in [0.4, 0.5) is 10.1 Å². The molecule has 170 valence electrons. The number of hydrogen-bond acceptors (Lipinski definition) is 6. The van der Waals surface area contributed by atoms with Gasteiger partial charge in [0.25, 0.3) is 11.8 Å². The Morgan fingerprint density at radius 3 is 2.12 bits per heavy atom. The Bertz CT molecular complexity index is 1150. The maximum atomic E-state index is 13.1. The predicted molar refractivity (Wildman–Crippen MR) is 122 cm³/mol. The van der Waals surface area contributed by atoms with Crippen molar-refractivity contribution >= 4 is 23.7 Å². The van der Waals surface area contributed by atoms with Gasteiger partial charge in [-0.1, -0.05) is 12.1 Å². The van der Waals surface area contributed by atoms with E-state index in [1.54, 1.807) is 36.4 Å². The number of nitrogens with one attached hydrogen (secondary N) is 2. The summed E-state index contributed by atoms with van der Waals surface area (Å²) in [7, 11) is 4.50. The van der Waals surface area contributed by atoms with E-state index in [4.69, 9.17) is 14.2 Å². The van der Waals surface area contributed by atoms with Crippen LogP contribution in [0.1, 0.15) is 26.3 Å². The first kappa shape index (κ1) is 23.3. The van der Waals surface area contributed by atoms with Gasteiger partial charge in [-0.05, 0) is 48.5 Å². The van der Waals surface area contributed by atoms with Crippen LogP contribution in [0.25, 0.3) is 0 Å². The zero-order valence-electron chi connectivity index (χ0n) is 18.2. The summed E-state index contributed by atoms with van der Waals surface area (Å²) in [6, 6.07) is 14.9. The van der Waals surface area contributed by atoms with Gasteiger partial charge >= 0.3 is 0 Å². The summed E-state index contributed by atoms with van der Waals surface area (Å²) >= 11 is 0. The summed E-state index contributed by atoms with van der Waals surface area (Å²) in [4.78, 5) is 25.1. The number of anilines is 1. The maximum absolute atomic E-state index is 13.1. The lowest BCUT2D eigenvalue weighted by Crippen LogP contribution is -2.21. The van der Waals surface area contributed by atoms with Gasteiger partial charge in [-0.15, -0.1) is 0 Å². The molecule has 0 unspecified atom stereocenters. The molecular weight excluding hydrogens is 429 g/mol. The smallest absolute Gasteiger partial charge is 0.273 e. The minimum Gasteiger partial charge on any atom is -0.493 e. The molecule has 0 aliphatic rings. The number of methoxy groups -OCH3 is 3. The minimum absolute atomic E-state index is 0.204. The van der Waals surface area contributed by atoms with E-state index in [-0.39, 0.29) is 16.8 Å². The topological polar surface area (TPSA) is 98.2 Å². The number of carbonyl (C=O) groups excluding carboxylic acids is 2. The summed E-state index contributed by atoms with van der Waals surface area (Å²) in [5.74, 6) is -0.134. The van der Waals surface area contributed by atoms with Crippen molar-refractivity contribution in [1.82, 2.24) is 5.43 Å². The van der Waals surface area contributed by atoms with Crippen LogP contribution in [0.5, 0.6) is 17.2 Å². The third-order valence-electron chi connectivity index (χ3n) is 4.59. The van der Waals surface area contributed by atoms with E-state index in [1.807, 2.05) is 0 Å². The van der Waals surface area contributed by atoms with E-state index < -0.39 is 17.6 Å². The van der Waals surface area contributed by atoms with Gasteiger partial charge in [0.05, 0.1) is 38.8 Å². The van der Waals surface area contributed by atoms with E-state index in [9.17, 15) is 14.0 Å². The second-order valence-corrected chi connectivity index (χ2v) is 6.66. The largest absolute Gasteiger partial charge is 0.493 e. The summed E-state index contributed by atoms with van der Waals surface area (Å²) in [6.45, 7) is 0. The fourth-order valence-corrected chi connectivity index (χ4v) is 2.99. The first-order valence-corrected chi connectivity index (χ1v) is 9.76. The zero-order valence-corrected chi connectivity index (χ0v) is 18.2. The minimum atomic E-state index is -0.534. The molecule has 9 heteroatoms. The number of para-hydroxylation sites is 1. The van der Waals surface area contributed by atoms with E-state index in [0.717, 1.165) is 0 Å². The fourth-order valence-electron chi connectivity index (χ4n) is 2.99. The molecule has 2 N–H and O–H groups in total. The first-order chi connectivity index (χ1) is 16.0. The SMILES string of the molecule is COc1cc(/C=N/NC(=O)c2ccccc2NC(=O)c2ccc(F)cc2)cc(OC)c1OC. The number of hydrogen-bond donors (Lipinski definition) is 2. The van der Waals surface area contributed by atoms with Crippen molar-refractivity contribution in [2.24, 2.45) is 5.10 Å². The molecule has 0 atom stereocenters. The number of hydrazone groups is 1. The molecule has 0 aliphatic heterocycles. The third kappa shape index (κ3) is 5.65. The molecule has 3 aromatic rings. The summed E-state index contributed by atoms with van der Waals surface area (Å²) < 4.78 is 29.0. The number of nitrogens with zero attached hydrogens (tertiary/aromatic N) is 1. The van der Waals surface area contributed by atoms with Crippen molar-refractivity contribution in [2.75, 3.05) is 26.6 Å². The predicted octanol–water partition coefficient (Wildman–Crippen LogP) is 3.87. The quantitative estimate of drug-likeness (QED) is 0.400. The van der Waals surface area contributed by atoms with Crippen molar-refractivity contribution in [3.63, 3.8) is 0 Å². The lowest BCUT2D eigenvalue weighted by atomic mass is 10.1. The van der Waals surface area contributed by atoms with Crippen LogP contribution in [0.3, 0.4) is 0 Å². The number of benzene rings is 3. The molecule has 0 aromatic heterocycles. The maximum Gasteiger partial charge on any atom is 0.273 e. The van der Waals surface area contributed by atoms with Crippen molar-refractivity contribution in [3.8, 4) is 17.2 Å². The van der Waals surface area contributed by atoms with Crippen molar-refractivity contribution in [3.05, 3.63) is 83.2 Å². The van der Waals surface area contributed by atoms with Crippen LogP contribution in [0.15, 0.2) is 65.8 Å². The van der Waals surface area contributed by atoms with Crippen molar-refractivity contribution in [1.29, 1.82) is 0 Å². The molecule has 0 saturated heterocycles. The highest BCUT2D eigenvalue weighted by atomic mass is 19.1. The molecule has 0 spiro atoms. The molecule has 0 radical (unpaired) electrons. The van der Waals surface area contributed by atoms with Gasteiger partial charge in [0.1, 0.15) is 5.82 Å². The molecule has 3 rings (SSSR count). The van der Waals surface area contributed by atoms with Crippen molar-refractivity contribution < 1.29 is 28.2 Å². The number of amides is 2. The average Bonchev–Trinajstić information content (AvgIpc) is 2.83. The molecular formula is C24H22FN3O5. The van der Waals surface area contributed by atoms with Gasteiger partial charge < -0.3 is 19.5 Å². The Labute approximate surface area is 190 Å². The van der Waals surface area contributed by atoms with Gasteiger partial charge in [0.15, 0.2) is 11.5 Å². The van der Waals surface area contributed by atoms with Gasteiger partial charge in [0.2, 0.25) is 5.75 Å². The number of rotatable bonds is 8. The molecule has 0 fully saturated rings. The molecule has 0 saturated carbocycles. The van der Waals surface area contributed by atoms with Crippen LogP contribution in [-0.4, -0.2) is 39.4 Å². The van der Waals surface area contributed by atoms with Crippen LogP contribution in [0, 0.1) is 5.82 Å². The Balaban J connectivity index is 1.74. The first-order valence-electron chi connectivity index (χ1n) is 9.76. The Hall–Kier alpha value is -4.40. The molecule has 3 aromatic carbocycles.